The van der Waals surface area contributed by atoms with E-state index >= 15 is 0 Å². The lowest BCUT2D eigenvalue weighted by molar-refractivity contribution is -0.161. The number of esters is 2. The van der Waals surface area contributed by atoms with Gasteiger partial charge in [0.05, 0.1) is 6.61 Å². The number of hydrogen-bond acceptors (Lipinski definition) is 6. The molecule has 0 heterocycles. The Bertz CT molecular complexity index is 907. The summed E-state index contributed by atoms with van der Waals surface area (Å²) in [5.74, 6) is -0.871. The maximum absolute atomic E-state index is 12.4. The molecule has 0 aliphatic heterocycles. The van der Waals surface area contributed by atoms with E-state index < -0.39 is 32.5 Å². The highest BCUT2D eigenvalue weighted by Gasteiger charge is 2.23. The van der Waals surface area contributed by atoms with Crippen LogP contribution in [0.15, 0.2) is 12.7 Å². The van der Waals surface area contributed by atoms with Crippen molar-refractivity contribution in [2.75, 3.05) is 13.2 Å². The average molecular weight is 815 g/mol. The first-order valence-corrected chi connectivity index (χ1v) is 25.5. The Morgan fingerprint density at radius 1 is 0.482 bits per heavy atom. The monoisotopic (exact) mass is 815 g/mol. The molecule has 0 fully saturated rings. The van der Waals surface area contributed by atoms with Crippen LogP contribution in [-0.4, -0.2) is 41.0 Å². The molecule has 0 aliphatic carbocycles. The van der Waals surface area contributed by atoms with Gasteiger partial charge in [-0.1, -0.05) is 225 Å². The Labute approximate surface area is 346 Å². The van der Waals surface area contributed by atoms with Crippen molar-refractivity contribution in [2.24, 2.45) is 0 Å². The van der Waals surface area contributed by atoms with Crippen molar-refractivity contribution < 1.29 is 37.9 Å². The van der Waals surface area contributed by atoms with Crippen LogP contribution in [0, 0.1) is 0 Å². The fourth-order valence-electron chi connectivity index (χ4n) is 7.36. The van der Waals surface area contributed by atoms with Crippen molar-refractivity contribution in [3.05, 3.63) is 12.7 Å². The molecule has 0 aliphatic rings. The van der Waals surface area contributed by atoms with Crippen LogP contribution >= 0.6 is 7.82 Å². The second-order valence-corrected chi connectivity index (χ2v) is 17.8. The van der Waals surface area contributed by atoms with Crippen LogP contribution < -0.4 is 0 Å². The largest absolute Gasteiger partial charge is 0.469 e. The minimum atomic E-state index is -4.75. The first-order chi connectivity index (χ1) is 27.3. The van der Waals surface area contributed by atoms with Crippen molar-refractivity contribution >= 4 is 19.8 Å². The van der Waals surface area contributed by atoms with E-state index in [1.807, 2.05) is 6.08 Å². The number of phosphoric ester groups is 1. The summed E-state index contributed by atoms with van der Waals surface area (Å²) < 4.78 is 26.5. The fraction of sp³-hybridized carbons (Fsp3) is 0.915. The van der Waals surface area contributed by atoms with Gasteiger partial charge in [0.2, 0.25) is 0 Å². The summed E-state index contributed by atoms with van der Waals surface area (Å²) in [5, 5.41) is 0. The number of carbonyl (C=O) groups excluding carboxylic acids is 2. The maximum atomic E-state index is 12.4. The third-order valence-electron chi connectivity index (χ3n) is 10.9. The minimum Gasteiger partial charge on any atom is -0.462 e. The number of hydrogen-bond donors (Lipinski definition) is 2. The predicted octanol–water partition coefficient (Wildman–Crippen LogP) is 15.0. The number of ether oxygens (including phenoxy) is 2. The van der Waals surface area contributed by atoms with E-state index in [4.69, 9.17) is 19.3 Å². The van der Waals surface area contributed by atoms with Gasteiger partial charge >= 0.3 is 19.8 Å². The van der Waals surface area contributed by atoms with E-state index in [0.717, 1.165) is 44.9 Å². The number of allylic oxidation sites excluding steroid dienone is 1. The summed E-state index contributed by atoms with van der Waals surface area (Å²) in [6, 6.07) is 0. The molecule has 0 spiro atoms. The Balaban J connectivity index is 3.75. The molecule has 56 heavy (non-hydrogen) atoms. The van der Waals surface area contributed by atoms with Crippen LogP contribution in [-0.2, 0) is 28.2 Å². The van der Waals surface area contributed by atoms with Crippen LogP contribution in [0.2, 0.25) is 0 Å². The second-order valence-electron chi connectivity index (χ2n) is 16.5. The van der Waals surface area contributed by atoms with Gasteiger partial charge in [-0.05, 0) is 25.7 Å². The van der Waals surface area contributed by atoms with E-state index in [2.05, 4.69) is 18.0 Å². The van der Waals surface area contributed by atoms with E-state index in [1.54, 1.807) is 0 Å². The Morgan fingerprint density at radius 2 is 0.786 bits per heavy atom. The summed E-state index contributed by atoms with van der Waals surface area (Å²) in [4.78, 5) is 43.0. The van der Waals surface area contributed by atoms with Crippen molar-refractivity contribution in [3.63, 3.8) is 0 Å². The van der Waals surface area contributed by atoms with E-state index in [9.17, 15) is 14.2 Å². The van der Waals surface area contributed by atoms with E-state index in [-0.39, 0.29) is 19.4 Å². The zero-order valence-electron chi connectivity index (χ0n) is 36.6. The van der Waals surface area contributed by atoms with Crippen molar-refractivity contribution in [2.45, 2.75) is 263 Å². The van der Waals surface area contributed by atoms with Crippen molar-refractivity contribution in [1.82, 2.24) is 0 Å². The zero-order valence-corrected chi connectivity index (χ0v) is 37.5. The average Bonchev–Trinajstić information content (AvgIpc) is 3.17. The fourth-order valence-corrected chi connectivity index (χ4v) is 7.72. The Morgan fingerprint density at radius 3 is 1.11 bits per heavy atom. The van der Waals surface area contributed by atoms with Crippen LogP contribution in [0.5, 0.6) is 0 Å². The number of unbranched alkanes of at least 4 members (excludes halogenated alkanes) is 35. The zero-order chi connectivity index (χ0) is 41.1. The van der Waals surface area contributed by atoms with Crippen molar-refractivity contribution in [1.29, 1.82) is 0 Å². The maximum Gasteiger partial charge on any atom is 0.469 e. The molecular weight excluding hydrogens is 723 g/mol. The first-order valence-electron chi connectivity index (χ1n) is 23.9. The molecule has 1 atom stereocenters. The number of carbonyl (C=O) groups is 2. The molecule has 0 saturated heterocycles. The summed E-state index contributed by atoms with van der Waals surface area (Å²) in [6.45, 7) is 5.25. The van der Waals surface area contributed by atoms with Crippen LogP contribution in [0.4, 0.5) is 0 Å². The normalized spacial score (nSPS) is 12.2. The van der Waals surface area contributed by atoms with Crippen LogP contribution in [0.25, 0.3) is 0 Å². The summed E-state index contributed by atoms with van der Waals surface area (Å²) in [6.07, 6.45) is 48.4. The van der Waals surface area contributed by atoms with Crippen molar-refractivity contribution in [3.8, 4) is 0 Å². The molecule has 0 bridgehead atoms. The molecule has 0 rings (SSSR count). The lowest BCUT2D eigenvalue weighted by Gasteiger charge is -2.18. The number of phosphoric acid groups is 1. The molecule has 0 aromatic carbocycles. The van der Waals surface area contributed by atoms with Gasteiger partial charge in [-0.15, -0.1) is 6.58 Å². The molecule has 0 aromatic rings. The van der Waals surface area contributed by atoms with Gasteiger partial charge < -0.3 is 19.3 Å². The summed E-state index contributed by atoms with van der Waals surface area (Å²) in [7, 11) is -4.75. The SMILES string of the molecule is C=CCCCCCCCCCCCCCCCC(=O)O[C@H](COC(=O)CCCCCCCCCCCCCCCCCCCCCCCCC)COP(=O)(O)O. The standard InChI is InChI=1S/C47H91O8P/c1-3-5-7-9-11-13-15-17-19-20-21-22-23-24-25-26-28-29-31-33-35-37-39-41-46(48)53-43-45(44-54-56(50,51)52)55-47(49)42-40-38-36-34-32-30-27-18-16-14-12-10-8-6-4-2/h4,45H,2-3,5-44H2,1H3,(H2,50,51,52)/t45-/m1/s1. The third-order valence-corrected chi connectivity index (χ3v) is 11.4. The van der Waals surface area contributed by atoms with Gasteiger partial charge in [0.25, 0.3) is 0 Å². The second kappa shape index (κ2) is 43.4. The van der Waals surface area contributed by atoms with E-state index in [1.165, 1.54) is 186 Å². The van der Waals surface area contributed by atoms with Gasteiger partial charge in [0.15, 0.2) is 6.10 Å². The van der Waals surface area contributed by atoms with Crippen LogP contribution in [0.1, 0.15) is 257 Å². The lowest BCUT2D eigenvalue weighted by Crippen LogP contribution is -2.29. The van der Waals surface area contributed by atoms with Gasteiger partial charge in [0, 0.05) is 12.8 Å². The molecule has 2 N–H and O–H groups in total. The Kier molecular flexibility index (Phi) is 42.4. The Hall–Kier alpha value is -1.21. The summed E-state index contributed by atoms with van der Waals surface area (Å²) in [5.41, 5.74) is 0. The molecule has 0 amide bonds. The molecule has 0 radical (unpaired) electrons. The first kappa shape index (κ1) is 54.8. The highest BCUT2D eigenvalue weighted by atomic mass is 31.2. The van der Waals surface area contributed by atoms with Gasteiger partial charge in [0.1, 0.15) is 6.61 Å². The molecule has 0 saturated carbocycles. The molecule has 8 nitrogen and oxygen atoms in total. The van der Waals surface area contributed by atoms with Gasteiger partial charge in [-0.3, -0.25) is 14.1 Å². The summed E-state index contributed by atoms with van der Waals surface area (Å²) >= 11 is 0. The van der Waals surface area contributed by atoms with Gasteiger partial charge in [-0.2, -0.15) is 0 Å². The molecular formula is C47H91O8P. The molecule has 0 unspecified atom stereocenters. The highest BCUT2D eigenvalue weighted by molar-refractivity contribution is 7.46. The third kappa shape index (κ3) is 45.5. The lowest BCUT2D eigenvalue weighted by atomic mass is 10.0. The van der Waals surface area contributed by atoms with Crippen LogP contribution in [0.3, 0.4) is 0 Å². The molecule has 332 valence electrons. The highest BCUT2D eigenvalue weighted by Crippen LogP contribution is 2.36. The minimum absolute atomic E-state index is 0.215. The van der Waals surface area contributed by atoms with Gasteiger partial charge in [-0.25, -0.2) is 4.57 Å². The predicted molar refractivity (Wildman–Crippen MR) is 235 cm³/mol. The van der Waals surface area contributed by atoms with E-state index in [0.29, 0.717) is 6.42 Å². The smallest absolute Gasteiger partial charge is 0.462 e. The topological polar surface area (TPSA) is 119 Å². The molecule has 9 heteroatoms. The quantitative estimate of drug-likeness (QED) is 0.0270. The molecule has 0 aromatic heterocycles. The number of rotatable bonds is 46.